The van der Waals surface area contributed by atoms with E-state index in [0.29, 0.717) is 57.5 Å². The average molecular weight is 1650 g/mol. The second-order valence-corrected chi connectivity index (χ2v) is 63.8. The molecule has 0 spiro atoms. The predicted molar refractivity (Wildman–Crippen MR) is 432 cm³/mol. The van der Waals surface area contributed by atoms with Gasteiger partial charge in [0.2, 0.25) is 0 Å². The number of aryl methyl sites for hydroxylation is 1. The summed E-state index contributed by atoms with van der Waals surface area (Å²) in [6, 6.07) is 5.23. The molecule has 1 aromatic rings. The minimum atomic E-state index is -2.68. The van der Waals surface area contributed by atoms with Crippen LogP contribution in [0.2, 0.25) is 90.7 Å². The number of fused-ring (bicyclic) bond motifs is 1. The topological polar surface area (TPSA) is 177 Å². The maximum atomic E-state index is 16.9. The number of carbonyl (C=O) groups excluding carboxylic acids is 1. The van der Waals surface area contributed by atoms with Crippen molar-refractivity contribution < 1.29 is 73.6 Å². The maximum absolute atomic E-state index is 16.9. The Bertz CT molecular complexity index is 2990. The van der Waals surface area contributed by atoms with Gasteiger partial charge in [-0.1, -0.05) is 153 Å². The lowest BCUT2D eigenvalue weighted by molar-refractivity contribution is -0.268. The number of ketones is 1. The maximum Gasteiger partial charge on any atom is 0.193 e. The summed E-state index contributed by atoms with van der Waals surface area (Å²) >= 11 is -0.294. The molecular weight excluding hydrogens is 1500 g/mol. The number of hydrogen-bond donors (Lipinski definition) is 0. The van der Waals surface area contributed by atoms with Crippen molar-refractivity contribution in [2.45, 2.75) is 394 Å². The molecule has 0 aliphatic carbocycles. The highest BCUT2D eigenvalue weighted by Crippen LogP contribution is 2.51. The first-order chi connectivity index (χ1) is 46.9. The van der Waals surface area contributed by atoms with Crippen LogP contribution in [0.4, 0.5) is 0 Å². The van der Waals surface area contributed by atoms with Crippen molar-refractivity contribution >= 4 is 81.0 Å². The molecule has 102 heavy (non-hydrogen) atoms. The van der Waals surface area contributed by atoms with E-state index in [0.717, 1.165) is 61.7 Å². The Labute approximate surface area is 640 Å². The Morgan fingerprint density at radius 3 is 1.79 bits per heavy atom. The summed E-state index contributed by atoms with van der Waals surface area (Å²) in [6.07, 6.45) is 3.65. The summed E-state index contributed by atoms with van der Waals surface area (Å²) in [6.45, 7) is 69.7. The van der Waals surface area contributed by atoms with Crippen LogP contribution in [0.3, 0.4) is 0 Å². The van der Waals surface area contributed by atoms with Gasteiger partial charge in [-0.25, -0.2) is 0 Å². The highest BCUT2D eigenvalue weighted by atomic mass is 127. The minimum Gasteiger partial charge on any atom is -0.768 e. The van der Waals surface area contributed by atoms with E-state index < -0.39 is 126 Å². The van der Waals surface area contributed by atoms with Crippen molar-refractivity contribution in [3.05, 3.63) is 63.8 Å². The zero-order valence-corrected chi connectivity index (χ0v) is 76.3. The van der Waals surface area contributed by atoms with Gasteiger partial charge in [0.15, 0.2) is 47.9 Å². The predicted octanol–water partition coefficient (Wildman–Crippen LogP) is 19.3. The van der Waals surface area contributed by atoms with E-state index in [1.54, 1.807) is 19.2 Å². The van der Waals surface area contributed by atoms with Gasteiger partial charge < -0.3 is 64.6 Å². The van der Waals surface area contributed by atoms with Crippen molar-refractivity contribution in [2.24, 2.45) is 5.92 Å². The number of methoxy groups -OCH3 is 1. The summed E-state index contributed by atoms with van der Waals surface area (Å²) in [4.78, 5) is 17.0. The summed E-state index contributed by atoms with van der Waals surface area (Å²) in [5.41, 5.74) is 3.64. The minimum absolute atomic E-state index is 0.0373. The third kappa shape index (κ3) is 22.0. The Hall–Kier alpha value is -0.486. The van der Waals surface area contributed by atoms with Crippen LogP contribution in [-0.4, -0.2) is 181 Å². The van der Waals surface area contributed by atoms with Crippen LogP contribution in [0.15, 0.2) is 57.6 Å². The molecule has 0 aromatic heterocycles. The molecule has 6 aliphatic heterocycles. The first kappa shape index (κ1) is 88.7. The van der Waals surface area contributed by atoms with E-state index in [9.17, 15) is 8.76 Å². The standard InChI is InChI=1S/C79H141IO16SSi5/c1-30-53-32-36-57(97(82)83)47-58(53)69(62-38-39-63-71(91-62)73(95-101(26,27)78(13,14)15)74(96-102(28,29)79(16,17)18)72(92-63)64(41-42-80)94-100(24,25)77(10,11)12)60(81)48-59-66(90-67(70(59)84-19)46-56(93-99(22,23)76(7,8)9)50-87-98(20,21)75(4,5)6)49-65-51(2)31-33-54(88-65)34-37-61-52(3)45-55(89-61)35-40-68-85-43-44-86-68/h32,36,41-42,47,54-56,59,61-74H,2-3,30-31,33-35,37-40,43-46,48-50H2,1,4-29H3,(H,82,83)/p-1/b42-41+/t54-,55+,56+,59+,61+,62-,63+,64?,65-,66+,67-,69?,70+,71?,72-,73?,74?/m1/s1. The molecule has 7 rings (SSSR count). The fraction of sp³-hybridized carbons (Fsp3) is 0.835. The zero-order chi connectivity index (χ0) is 76.5. The number of halogens is 1. The van der Waals surface area contributed by atoms with Gasteiger partial charge in [-0.2, -0.15) is 0 Å². The van der Waals surface area contributed by atoms with Crippen molar-refractivity contribution in [2.75, 3.05) is 26.9 Å². The molecular formula is C79H140IO16SSi5-. The number of ether oxygens (including phenoxy) is 8. The zero-order valence-electron chi connectivity index (χ0n) is 68.3. The third-order valence-corrected chi connectivity index (χ3v) is 49.3. The van der Waals surface area contributed by atoms with Crippen LogP contribution in [0.1, 0.15) is 205 Å². The smallest absolute Gasteiger partial charge is 0.193 e. The summed E-state index contributed by atoms with van der Waals surface area (Å²) in [5, 5.41) is -0.632. The van der Waals surface area contributed by atoms with Gasteiger partial charge in [-0.3, -0.25) is 9.00 Å². The molecule has 18 atom stereocenters. The molecule has 0 N–H and O–H groups in total. The number of rotatable bonds is 31. The first-order valence-corrected chi connectivity index (χ1v) is 55.5. The number of Topliss-reactive ketones (excluding diaryl/α,β-unsaturated/α-hetero) is 1. The quantitative estimate of drug-likeness (QED) is 0.0296. The first-order valence-electron chi connectivity index (χ1n) is 38.6. The normalized spacial score (nSPS) is 30.1. The van der Waals surface area contributed by atoms with Crippen LogP contribution >= 0.6 is 22.6 Å². The molecule has 6 heterocycles. The lowest BCUT2D eigenvalue weighted by Crippen LogP contribution is -2.69. The van der Waals surface area contributed by atoms with E-state index in [2.05, 4.69) is 218 Å². The molecule has 1 aromatic carbocycles. The molecule has 586 valence electrons. The Morgan fingerprint density at radius 2 is 1.24 bits per heavy atom. The summed E-state index contributed by atoms with van der Waals surface area (Å²) in [5.74, 6) is -1.48. The van der Waals surface area contributed by atoms with Gasteiger partial charge in [0.05, 0.1) is 92.9 Å². The van der Waals surface area contributed by atoms with Gasteiger partial charge in [0, 0.05) is 43.6 Å². The molecule has 6 unspecified atom stereocenters. The summed E-state index contributed by atoms with van der Waals surface area (Å²) in [7, 11) is -10.7. The van der Waals surface area contributed by atoms with Gasteiger partial charge >= 0.3 is 0 Å². The van der Waals surface area contributed by atoms with Crippen LogP contribution < -0.4 is 0 Å². The van der Waals surface area contributed by atoms with Crippen LogP contribution in [0.5, 0.6) is 0 Å². The Kier molecular flexibility index (Phi) is 30.5. The third-order valence-electron chi connectivity index (χ3n) is 25.8. The SMILES string of the molecule is C=C1C[C@H](CCC2OCCO2)O[C@H]1CC[C@H]1CCC(=C)[C@@H](C[C@@H]2O[C@H](C[C@@H](CO[Si](C)(C)C(C)(C)C)O[Si](C)(C)C(C)(C)C)[C@@H](OC)[C@H]2CC(=O)C(c2cc(S(=O)[O-])ccc2CC)[C@H]2CC[C@@H]3O[C@H](C(/C=C/I)O[Si](C)(C)C(C)(C)C)C(O[Si](C)(C)C(C)(C)C)C(O[Si](C)(C)C(C)(C)C)C3O2)O1. The fourth-order valence-electron chi connectivity index (χ4n) is 14.2. The second kappa shape index (κ2) is 35.1. The van der Waals surface area contributed by atoms with Gasteiger partial charge in [0.25, 0.3) is 0 Å². The molecule has 6 saturated heterocycles. The molecule has 23 heteroatoms. The highest BCUT2D eigenvalue weighted by Gasteiger charge is 2.60. The molecule has 0 amide bonds. The average Bonchev–Trinajstić information content (AvgIpc) is 0.845. The van der Waals surface area contributed by atoms with Crippen molar-refractivity contribution in [3.8, 4) is 0 Å². The van der Waals surface area contributed by atoms with Crippen LogP contribution in [0.25, 0.3) is 0 Å². The van der Waals surface area contributed by atoms with Crippen LogP contribution in [-0.2, 0) is 82.3 Å². The lowest BCUT2D eigenvalue weighted by Gasteiger charge is -2.56. The monoisotopic (exact) mass is 1640 g/mol. The summed E-state index contributed by atoms with van der Waals surface area (Å²) < 4.78 is 121. The second-order valence-electron chi connectivity index (χ2n) is 38.3. The molecule has 6 aliphatic rings. The highest BCUT2D eigenvalue weighted by molar-refractivity contribution is 14.1. The van der Waals surface area contributed by atoms with Crippen molar-refractivity contribution in [3.63, 3.8) is 0 Å². The fourth-order valence-corrected chi connectivity index (χ4v) is 21.3. The Balaban J connectivity index is 1.32. The van der Waals surface area contributed by atoms with Crippen molar-refractivity contribution in [1.82, 2.24) is 0 Å². The number of hydrogen-bond acceptors (Lipinski definition) is 16. The van der Waals surface area contributed by atoms with E-state index in [-0.39, 0.29) is 79.1 Å². The van der Waals surface area contributed by atoms with E-state index >= 15 is 4.79 Å². The van der Waals surface area contributed by atoms with Crippen LogP contribution in [0, 0.1) is 5.92 Å². The molecule has 0 saturated carbocycles. The van der Waals surface area contributed by atoms with E-state index in [1.807, 2.05) is 10.1 Å². The largest absolute Gasteiger partial charge is 0.768 e. The van der Waals surface area contributed by atoms with Gasteiger partial charge in [0.1, 0.15) is 30.2 Å². The lowest BCUT2D eigenvalue weighted by atomic mass is 9.76. The molecule has 6 fully saturated rings. The van der Waals surface area contributed by atoms with E-state index in [1.165, 1.54) is 0 Å². The van der Waals surface area contributed by atoms with Gasteiger partial charge in [-0.15, -0.1) is 0 Å². The molecule has 16 nitrogen and oxygen atoms in total. The van der Waals surface area contributed by atoms with Gasteiger partial charge in [-0.05, 0) is 204 Å². The Morgan fingerprint density at radius 1 is 0.667 bits per heavy atom. The van der Waals surface area contributed by atoms with E-state index in [4.69, 9.17) is 60.0 Å². The molecule has 0 bridgehead atoms. The molecule has 0 radical (unpaired) electrons. The van der Waals surface area contributed by atoms with Crippen molar-refractivity contribution in [1.29, 1.82) is 0 Å². The number of carbonyl (C=O) groups is 1. The number of benzene rings is 1.